The monoisotopic (exact) mass is 340 g/mol. The number of benzene rings is 1. The van der Waals surface area contributed by atoms with Gasteiger partial charge in [-0.25, -0.2) is 4.39 Å². The number of ether oxygens (including phenoxy) is 1. The van der Waals surface area contributed by atoms with Gasteiger partial charge >= 0.3 is 0 Å². The highest BCUT2D eigenvalue weighted by molar-refractivity contribution is 6.30. The first kappa shape index (κ1) is 15.5. The first-order valence-corrected chi connectivity index (χ1v) is 7.82. The average Bonchev–Trinajstić information content (AvgIpc) is 3.00. The van der Waals surface area contributed by atoms with Crippen molar-refractivity contribution < 1.29 is 9.13 Å². The van der Waals surface area contributed by atoms with Crippen LogP contribution in [-0.4, -0.2) is 18.1 Å². The Morgan fingerprint density at radius 1 is 1.23 bits per heavy atom. The van der Waals surface area contributed by atoms with Crippen LogP contribution in [0.2, 0.25) is 10.0 Å². The van der Waals surface area contributed by atoms with Crippen LogP contribution in [0, 0.1) is 11.7 Å². The number of nitrogens with zero attached hydrogens (tertiary/aromatic N) is 1. The van der Waals surface area contributed by atoms with Crippen LogP contribution in [0.1, 0.15) is 18.1 Å². The SMILES string of the molecule is Fc1cc(Cl)ccc1O[C@H](c1cncc(Cl)c1)C1CCNC1. The van der Waals surface area contributed by atoms with Crippen molar-refractivity contribution in [2.24, 2.45) is 5.92 Å². The Hall–Kier alpha value is -1.36. The van der Waals surface area contributed by atoms with E-state index in [1.54, 1.807) is 24.5 Å². The highest BCUT2D eigenvalue weighted by Gasteiger charge is 2.29. The summed E-state index contributed by atoms with van der Waals surface area (Å²) in [4.78, 5) is 4.11. The van der Waals surface area contributed by atoms with Gasteiger partial charge in [0.05, 0.1) is 5.02 Å². The Balaban J connectivity index is 1.91. The molecule has 1 aromatic heterocycles. The lowest BCUT2D eigenvalue weighted by Crippen LogP contribution is -2.22. The number of rotatable bonds is 4. The van der Waals surface area contributed by atoms with E-state index in [1.165, 1.54) is 6.07 Å². The molecule has 2 aromatic rings. The summed E-state index contributed by atoms with van der Waals surface area (Å²) in [5.41, 5.74) is 0.843. The molecule has 1 N–H and O–H groups in total. The zero-order valence-electron chi connectivity index (χ0n) is 11.7. The standard InChI is InChI=1S/C16H15Cl2FN2O/c17-12-1-2-15(14(19)6-12)22-16(10-3-4-20-7-10)11-5-13(18)9-21-8-11/h1-2,5-6,8-10,16,20H,3-4,7H2/t10?,16-/m0/s1. The first-order chi connectivity index (χ1) is 10.6. The van der Waals surface area contributed by atoms with Crippen LogP contribution >= 0.6 is 23.2 Å². The molecule has 3 rings (SSSR count). The van der Waals surface area contributed by atoms with Crippen molar-refractivity contribution in [1.29, 1.82) is 0 Å². The van der Waals surface area contributed by atoms with E-state index >= 15 is 0 Å². The highest BCUT2D eigenvalue weighted by Crippen LogP contribution is 2.34. The smallest absolute Gasteiger partial charge is 0.166 e. The minimum absolute atomic E-state index is 0.182. The quantitative estimate of drug-likeness (QED) is 0.902. The summed E-state index contributed by atoms with van der Waals surface area (Å²) in [6, 6.07) is 6.22. The number of aromatic nitrogens is 1. The Labute approximate surface area is 138 Å². The third-order valence-corrected chi connectivity index (χ3v) is 4.17. The molecule has 1 aliphatic rings. The average molecular weight is 341 g/mol. The molecule has 3 nitrogen and oxygen atoms in total. The lowest BCUT2D eigenvalue weighted by Gasteiger charge is -2.25. The zero-order chi connectivity index (χ0) is 15.5. The fraction of sp³-hybridized carbons (Fsp3) is 0.312. The predicted octanol–water partition coefficient (Wildman–Crippen LogP) is 4.26. The summed E-state index contributed by atoms with van der Waals surface area (Å²) in [6.45, 7) is 1.73. The summed E-state index contributed by atoms with van der Waals surface area (Å²) in [7, 11) is 0. The molecule has 6 heteroatoms. The largest absolute Gasteiger partial charge is 0.482 e. The molecule has 1 aliphatic heterocycles. The van der Waals surface area contributed by atoms with Crippen molar-refractivity contribution in [2.75, 3.05) is 13.1 Å². The fourth-order valence-electron chi connectivity index (χ4n) is 2.66. The molecule has 2 heterocycles. The van der Waals surface area contributed by atoms with Gasteiger partial charge in [0.25, 0.3) is 0 Å². The third kappa shape index (κ3) is 3.51. The number of halogens is 3. The van der Waals surface area contributed by atoms with E-state index in [0.29, 0.717) is 10.0 Å². The van der Waals surface area contributed by atoms with E-state index in [-0.39, 0.29) is 17.8 Å². The molecule has 1 unspecified atom stereocenters. The first-order valence-electron chi connectivity index (χ1n) is 7.06. The number of nitrogens with one attached hydrogen (secondary N) is 1. The highest BCUT2D eigenvalue weighted by atomic mass is 35.5. The van der Waals surface area contributed by atoms with E-state index in [4.69, 9.17) is 27.9 Å². The maximum absolute atomic E-state index is 14.0. The molecule has 2 atom stereocenters. The van der Waals surface area contributed by atoms with Crippen LogP contribution < -0.4 is 10.1 Å². The Morgan fingerprint density at radius 3 is 2.77 bits per heavy atom. The fourth-order valence-corrected chi connectivity index (χ4v) is 3.00. The van der Waals surface area contributed by atoms with E-state index in [2.05, 4.69) is 10.3 Å². The molecule has 1 saturated heterocycles. The van der Waals surface area contributed by atoms with Crippen LogP contribution in [-0.2, 0) is 0 Å². The molecule has 1 aromatic carbocycles. The number of hydrogen-bond donors (Lipinski definition) is 1. The van der Waals surface area contributed by atoms with Crippen molar-refractivity contribution in [3.05, 3.63) is 58.1 Å². The van der Waals surface area contributed by atoms with Crippen LogP contribution in [0.15, 0.2) is 36.7 Å². The molecule has 0 bridgehead atoms. The van der Waals surface area contributed by atoms with Crippen LogP contribution in [0.5, 0.6) is 5.75 Å². The summed E-state index contributed by atoms with van der Waals surface area (Å²) in [5, 5.41) is 4.18. The number of pyridine rings is 1. The molecular formula is C16H15Cl2FN2O. The van der Waals surface area contributed by atoms with E-state index in [0.717, 1.165) is 25.1 Å². The van der Waals surface area contributed by atoms with Gasteiger partial charge in [-0.2, -0.15) is 0 Å². The second-order valence-electron chi connectivity index (χ2n) is 5.30. The lowest BCUT2D eigenvalue weighted by atomic mass is 9.96. The molecule has 0 spiro atoms. The molecule has 0 radical (unpaired) electrons. The minimum Gasteiger partial charge on any atom is -0.482 e. The van der Waals surface area contributed by atoms with Crippen molar-refractivity contribution in [1.82, 2.24) is 10.3 Å². The zero-order valence-corrected chi connectivity index (χ0v) is 13.2. The maximum Gasteiger partial charge on any atom is 0.166 e. The van der Waals surface area contributed by atoms with Gasteiger partial charge in [-0.05, 0) is 37.2 Å². The van der Waals surface area contributed by atoms with Gasteiger partial charge in [-0.1, -0.05) is 23.2 Å². The third-order valence-electron chi connectivity index (χ3n) is 3.73. The van der Waals surface area contributed by atoms with Gasteiger partial charge in [0.2, 0.25) is 0 Å². The van der Waals surface area contributed by atoms with E-state index in [9.17, 15) is 4.39 Å². The van der Waals surface area contributed by atoms with Gasteiger partial charge in [-0.15, -0.1) is 0 Å². The molecule has 1 fully saturated rings. The summed E-state index contributed by atoms with van der Waals surface area (Å²) in [6.07, 6.45) is 3.92. The summed E-state index contributed by atoms with van der Waals surface area (Å²) in [5.74, 6) is -0.0601. The predicted molar refractivity (Wildman–Crippen MR) is 85.0 cm³/mol. The molecule has 0 saturated carbocycles. The van der Waals surface area contributed by atoms with Gasteiger partial charge in [0.1, 0.15) is 6.10 Å². The molecule has 116 valence electrons. The van der Waals surface area contributed by atoms with Crippen LogP contribution in [0.25, 0.3) is 0 Å². The van der Waals surface area contributed by atoms with E-state index < -0.39 is 5.82 Å². The van der Waals surface area contributed by atoms with Gasteiger partial charge in [-0.3, -0.25) is 4.98 Å². The number of hydrogen-bond acceptors (Lipinski definition) is 3. The second-order valence-corrected chi connectivity index (χ2v) is 6.18. The van der Waals surface area contributed by atoms with Crippen LogP contribution in [0.3, 0.4) is 0 Å². The summed E-state index contributed by atoms with van der Waals surface area (Å²) < 4.78 is 20.0. The van der Waals surface area contributed by atoms with Crippen molar-refractivity contribution in [2.45, 2.75) is 12.5 Å². The van der Waals surface area contributed by atoms with Crippen molar-refractivity contribution in [3.63, 3.8) is 0 Å². The van der Waals surface area contributed by atoms with Gasteiger partial charge in [0.15, 0.2) is 11.6 Å². The Morgan fingerprint density at radius 2 is 2.09 bits per heavy atom. The van der Waals surface area contributed by atoms with Crippen molar-refractivity contribution in [3.8, 4) is 5.75 Å². The lowest BCUT2D eigenvalue weighted by molar-refractivity contribution is 0.138. The second kappa shape index (κ2) is 6.82. The summed E-state index contributed by atoms with van der Waals surface area (Å²) >= 11 is 11.8. The van der Waals surface area contributed by atoms with Crippen molar-refractivity contribution >= 4 is 23.2 Å². The molecule has 0 aliphatic carbocycles. The maximum atomic E-state index is 14.0. The van der Waals surface area contributed by atoms with E-state index in [1.807, 2.05) is 6.07 Å². The van der Waals surface area contributed by atoms with Gasteiger partial charge in [0, 0.05) is 35.4 Å². The molecular weight excluding hydrogens is 326 g/mol. The Kier molecular flexibility index (Phi) is 4.81. The Bertz CT molecular complexity index is 662. The van der Waals surface area contributed by atoms with Gasteiger partial charge < -0.3 is 10.1 Å². The molecule has 0 amide bonds. The van der Waals surface area contributed by atoms with Crippen LogP contribution in [0.4, 0.5) is 4.39 Å². The normalized spacial score (nSPS) is 19.1. The minimum atomic E-state index is -0.474. The topological polar surface area (TPSA) is 34.1 Å². The molecule has 22 heavy (non-hydrogen) atoms.